The van der Waals surface area contributed by atoms with Crippen LogP contribution >= 0.6 is 0 Å². The molecule has 7 heteroatoms. The molecule has 1 aliphatic carbocycles. The molecule has 1 aliphatic heterocycles. The minimum absolute atomic E-state index is 0.0530. The predicted octanol–water partition coefficient (Wildman–Crippen LogP) is 3.09. The highest BCUT2D eigenvalue weighted by molar-refractivity contribution is 6.18. The molecule has 2 N–H and O–H groups in total. The van der Waals surface area contributed by atoms with Crippen molar-refractivity contribution in [2.45, 2.75) is 12.3 Å². The Morgan fingerprint density at radius 3 is 2.41 bits per heavy atom. The Balaban J connectivity index is 1.80. The van der Waals surface area contributed by atoms with E-state index in [0.29, 0.717) is 29.2 Å². The molecule has 2 aromatic carbocycles. The quantitative estimate of drug-likeness (QED) is 0.814. The van der Waals surface area contributed by atoms with Crippen LogP contribution in [0.25, 0.3) is 5.57 Å². The van der Waals surface area contributed by atoms with E-state index < -0.39 is 0 Å². The number of phenolic OH excluding ortho intramolecular Hbond substituents is 1. The molecule has 1 heterocycles. The average Bonchev–Trinajstić information content (AvgIpc) is 3.13. The van der Waals surface area contributed by atoms with Gasteiger partial charge in [-0.2, -0.15) is 5.10 Å². The van der Waals surface area contributed by atoms with Gasteiger partial charge in [0.15, 0.2) is 0 Å². The minimum Gasteiger partial charge on any atom is -0.507 e. The normalized spacial score (nSPS) is 20.3. The van der Waals surface area contributed by atoms with Crippen molar-refractivity contribution in [1.82, 2.24) is 5.43 Å². The van der Waals surface area contributed by atoms with E-state index in [0.717, 1.165) is 16.9 Å². The number of nitrogens with one attached hydrogen (secondary N) is 1. The molecule has 0 aromatic heterocycles. The molecule has 7 nitrogen and oxygen atoms in total. The maximum Gasteiger partial charge on any atom is 0.249 e. The number of ether oxygens (including phenoxy) is 3. The van der Waals surface area contributed by atoms with Crippen molar-refractivity contribution in [2.24, 2.45) is 11.0 Å². The van der Waals surface area contributed by atoms with Crippen LogP contribution in [0.15, 0.2) is 47.6 Å². The lowest BCUT2D eigenvalue weighted by atomic mass is 9.73. The number of carbonyl (C=O) groups excluding carboxylic acids is 1. The van der Waals surface area contributed by atoms with Crippen LogP contribution in [-0.2, 0) is 4.79 Å². The van der Waals surface area contributed by atoms with Crippen LogP contribution < -0.4 is 19.6 Å². The fraction of sp³-hybridized carbons (Fsp3) is 0.273. The van der Waals surface area contributed by atoms with Crippen molar-refractivity contribution in [3.63, 3.8) is 0 Å². The van der Waals surface area contributed by atoms with Gasteiger partial charge >= 0.3 is 0 Å². The summed E-state index contributed by atoms with van der Waals surface area (Å²) in [6, 6.07) is 10.9. The zero-order valence-electron chi connectivity index (χ0n) is 16.4. The van der Waals surface area contributed by atoms with E-state index >= 15 is 0 Å². The van der Waals surface area contributed by atoms with Gasteiger partial charge in [-0.05, 0) is 35.8 Å². The first-order valence-corrected chi connectivity index (χ1v) is 9.23. The SMILES string of the molecule is COc1ccc(C2CC(c3c(O)cc(OC)cc3OC)=CC3=NNC(=O)C32)cc1. The van der Waals surface area contributed by atoms with Gasteiger partial charge < -0.3 is 19.3 Å². The number of fused-ring (bicyclic) bond motifs is 1. The number of rotatable bonds is 5. The summed E-state index contributed by atoms with van der Waals surface area (Å²) in [5.74, 6) is 1.17. The van der Waals surface area contributed by atoms with Gasteiger partial charge in [-0.3, -0.25) is 4.79 Å². The first-order chi connectivity index (χ1) is 14.0. The number of benzene rings is 2. The second-order valence-corrected chi connectivity index (χ2v) is 6.97. The Morgan fingerprint density at radius 2 is 1.76 bits per heavy atom. The van der Waals surface area contributed by atoms with Gasteiger partial charge in [0.25, 0.3) is 0 Å². The lowest BCUT2D eigenvalue weighted by Crippen LogP contribution is -2.31. The fourth-order valence-corrected chi connectivity index (χ4v) is 4.01. The van der Waals surface area contributed by atoms with Gasteiger partial charge in [0.1, 0.15) is 23.0 Å². The van der Waals surface area contributed by atoms with Crippen LogP contribution in [0.1, 0.15) is 23.5 Å². The monoisotopic (exact) mass is 394 g/mol. The molecule has 0 saturated heterocycles. The highest BCUT2D eigenvalue weighted by Gasteiger charge is 2.41. The Bertz CT molecular complexity index is 1010. The highest BCUT2D eigenvalue weighted by Crippen LogP contribution is 2.47. The Labute approximate surface area is 168 Å². The number of nitrogens with zero attached hydrogens (tertiary/aromatic N) is 1. The standard InChI is InChI=1S/C22H22N2O5/c1-27-14-6-4-12(5-7-14)16-8-13(9-17-21(16)22(26)24-23-17)20-18(25)10-15(28-2)11-19(20)29-3/h4-7,9-11,16,21,25H,8H2,1-3H3,(H,24,26). The zero-order chi connectivity index (χ0) is 20.5. The number of amides is 1. The van der Waals surface area contributed by atoms with E-state index in [1.165, 1.54) is 7.11 Å². The molecule has 0 bridgehead atoms. The summed E-state index contributed by atoms with van der Waals surface area (Å²) in [7, 11) is 4.69. The summed E-state index contributed by atoms with van der Waals surface area (Å²) in [5.41, 5.74) is 5.65. The van der Waals surface area contributed by atoms with E-state index in [4.69, 9.17) is 14.2 Å². The lowest BCUT2D eigenvalue weighted by molar-refractivity contribution is -0.122. The van der Waals surface area contributed by atoms with E-state index in [1.54, 1.807) is 26.4 Å². The summed E-state index contributed by atoms with van der Waals surface area (Å²) >= 11 is 0. The lowest BCUT2D eigenvalue weighted by Gasteiger charge is -2.29. The minimum atomic E-state index is -0.376. The number of aromatic hydroxyl groups is 1. The summed E-state index contributed by atoms with van der Waals surface area (Å²) in [4.78, 5) is 12.5. The van der Waals surface area contributed by atoms with E-state index in [2.05, 4.69) is 10.5 Å². The molecule has 4 rings (SSSR count). The first kappa shape index (κ1) is 18.9. The van der Waals surface area contributed by atoms with Crippen molar-refractivity contribution >= 4 is 17.2 Å². The van der Waals surface area contributed by atoms with Crippen molar-refractivity contribution < 1.29 is 24.1 Å². The summed E-state index contributed by atoms with van der Waals surface area (Å²) in [6.07, 6.45) is 2.40. The molecular weight excluding hydrogens is 372 g/mol. The predicted molar refractivity (Wildman–Crippen MR) is 109 cm³/mol. The number of carbonyl (C=O) groups is 1. The third-order valence-electron chi connectivity index (χ3n) is 5.44. The van der Waals surface area contributed by atoms with Gasteiger partial charge in [-0.25, -0.2) is 5.43 Å². The van der Waals surface area contributed by atoms with Crippen LogP contribution in [0, 0.1) is 5.92 Å². The molecule has 0 fully saturated rings. The number of phenols is 1. The van der Waals surface area contributed by atoms with E-state index in [-0.39, 0.29) is 23.5 Å². The molecule has 2 aliphatic rings. The van der Waals surface area contributed by atoms with Crippen molar-refractivity contribution in [2.75, 3.05) is 21.3 Å². The molecule has 1 amide bonds. The summed E-state index contributed by atoms with van der Waals surface area (Å²) in [6.45, 7) is 0. The molecule has 2 unspecified atom stereocenters. The number of methoxy groups -OCH3 is 3. The first-order valence-electron chi connectivity index (χ1n) is 9.23. The Morgan fingerprint density at radius 1 is 1.03 bits per heavy atom. The van der Waals surface area contributed by atoms with Crippen LogP contribution in [0.5, 0.6) is 23.0 Å². The number of hydrogen-bond donors (Lipinski definition) is 2. The smallest absolute Gasteiger partial charge is 0.249 e. The maximum atomic E-state index is 12.5. The number of hydrazone groups is 1. The van der Waals surface area contributed by atoms with Crippen LogP contribution in [0.4, 0.5) is 0 Å². The topological polar surface area (TPSA) is 89.4 Å². The third-order valence-corrected chi connectivity index (χ3v) is 5.44. The average molecular weight is 394 g/mol. The molecule has 0 saturated carbocycles. The molecule has 2 aromatic rings. The zero-order valence-corrected chi connectivity index (χ0v) is 16.4. The van der Waals surface area contributed by atoms with Crippen molar-refractivity contribution in [3.05, 3.63) is 53.6 Å². The molecule has 0 spiro atoms. The van der Waals surface area contributed by atoms with E-state index in [1.807, 2.05) is 30.3 Å². The van der Waals surface area contributed by atoms with Crippen molar-refractivity contribution in [1.29, 1.82) is 0 Å². The molecule has 2 atom stereocenters. The van der Waals surface area contributed by atoms with Crippen LogP contribution in [-0.4, -0.2) is 38.1 Å². The Kier molecular flexibility index (Phi) is 4.88. The fourth-order valence-electron chi connectivity index (χ4n) is 4.01. The second kappa shape index (κ2) is 7.50. The molecule has 29 heavy (non-hydrogen) atoms. The van der Waals surface area contributed by atoms with Crippen LogP contribution in [0.3, 0.4) is 0 Å². The highest BCUT2D eigenvalue weighted by atomic mass is 16.5. The third kappa shape index (κ3) is 3.29. The van der Waals surface area contributed by atoms with Crippen molar-refractivity contribution in [3.8, 4) is 23.0 Å². The maximum absolute atomic E-state index is 12.5. The number of allylic oxidation sites excluding steroid dienone is 2. The summed E-state index contributed by atoms with van der Waals surface area (Å²) in [5, 5.41) is 14.9. The molecule has 150 valence electrons. The van der Waals surface area contributed by atoms with Gasteiger partial charge in [-0.1, -0.05) is 12.1 Å². The van der Waals surface area contributed by atoms with Gasteiger partial charge in [-0.15, -0.1) is 0 Å². The van der Waals surface area contributed by atoms with E-state index in [9.17, 15) is 9.90 Å². The molecular formula is C22H22N2O5. The van der Waals surface area contributed by atoms with Gasteiger partial charge in [0, 0.05) is 18.1 Å². The number of hydrogen-bond acceptors (Lipinski definition) is 6. The van der Waals surface area contributed by atoms with Gasteiger partial charge in [0.2, 0.25) is 5.91 Å². The Hall–Kier alpha value is -3.48. The molecule has 0 radical (unpaired) electrons. The van der Waals surface area contributed by atoms with Crippen LogP contribution in [0.2, 0.25) is 0 Å². The largest absolute Gasteiger partial charge is 0.507 e. The second-order valence-electron chi connectivity index (χ2n) is 6.97. The summed E-state index contributed by atoms with van der Waals surface area (Å²) < 4.78 is 16.0. The van der Waals surface area contributed by atoms with Gasteiger partial charge in [0.05, 0.1) is 38.5 Å².